The van der Waals surface area contributed by atoms with Gasteiger partial charge in [0.1, 0.15) is 6.61 Å². The summed E-state index contributed by atoms with van der Waals surface area (Å²) in [6, 6.07) is 4.86. The van der Waals surface area contributed by atoms with Gasteiger partial charge in [-0.05, 0) is 31.0 Å². The van der Waals surface area contributed by atoms with Crippen LogP contribution in [0.4, 0.5) is 11.4 Å². The predicted octanol–water partition coefficient (Wildman–Crippen LogP) is 2.12. The fraction of sp³-hybridized carbons (Fsp3) is 0.471. The molecule has 1 saturated heterocycles. The second kappa shape index (κ2) is 8.82. The van der Waals surface area contributed by atoms with E-state index in [1.807, 2.05) is 0 Å². The smallest absolute Gasteiger partial charge is 0.250 e. The van der Waals surface area contributed by atoms with Crippen molar-refractivity contribution >= 4 is 40.7 Å². The molecular weight excluding hydrogens is 346 g/mol. The molecule has 8 heteroatoms. The summed E-state index contributed by atoms with van der Waals surface area (Å²) in [4.78, 5) is 37.1. The first-order valence-electron chi connectivity index (χ1n) is 8.05. The van der Waals surface area contributed by atoms with Crippen molar-refractivity contribution in [3.8, 4) is 0 Å². The van der Waals surface area contributed by atoms with Crippen molar-refractivity contribution in [3.05, 3.63) is 23.2 Å². The SMILES string of the molecule is COCC(=O)Nc1ccc(NC(=O)C2CCCN(C(C)=O)C2)cc1Cl. The summed E-state index contributed by atoms with van der Waals surface area (Å²) in [6.45, 7) is 2.57. The summed E-state index contributed by atoms with van der Waals surface area (Å²) < 4.78 is 4.74. The van der Waals surface area contributed by atoms with E-state index in [2.05, 4.69) is 10.6 Å². The van der Waals surface area contributed by atoms with E-state index in [-0.39, 0.29) is 30.2 Å². The van der Waals surface area contributed by atoms with Gasteiger partial charge in [0, 0.05) is 32.8 Å². The van der Waals surface area contributed by atoms with Crippen molar-refractivity contribution in [1.82, 2.24) is 4.90 Å². The van der Waals surface area contributed by atoms with E-state index in [0.717, 1.165) is 12.8 Å². The van der Waals surface area contributed by atoms with Crippen molar-refractivity contribution in [1.29, 1.82) is 0 Å². The minimum Gasteiger partial charge on any atom is -0.375 e. The molecule has 3 amide bonds. The van der Waals surface area contributed by atoms with Crippen molar-refractivity contribution in [2.75, 3.05) is 37.4 Å². The number of anilines is 2. The van der Waals surface area contributed by atoms with Crippen LogP contribution in [0.5, 0.6) is 0 Å². The number of carbonyl (C=O) groups is 3. The number of piperidine rings is 1. The number of hydrogen-bond acceptors (Lipinski definition) is 4. The van der Waals surface area contributed by atoms with E-state index in [0.29, 0.717) is 29.5 Å². The number of hydrogen-bond donors (Lipinski definition) is 2. The lowest BCUT2D eigenvalue weighted by atomic mass is 9.97. The van der Waals surface area contributed by atoms with Crippen LogP contribution in [0.2, 0.25) is 5.02 Å². The average Bonchev–Trinajstić information content (AvgIpc) is 2.57. The zero-order valence-electron chi connectivity index (χ0n) is 14.3. The molecule has 0 radical (unpaired) electrons. The maximum atomic E-state index is 12.4. The Morgan fingerprint density at radius 3 is 2.72 bits per heavy atom. The van der Waals surface area contributed by atoms with Gasteiger partial charge in [0.25, 0.3) is 0 Å². The van der Waals surface area contributed by atoms with Gasteiger partial charge in [0.2, 0.25) is 17.7 Å². The topological polar surface area (TPSA) is 87.7 Å². The average molecular weight is 368 g/mol. The van der Waals surface area contributed by atoms with Crippen LogP contribution in [-0.2, 0) is 19.1 Å². The lowest BCUT2D eigenvalue weighted by Gasteiger charge is -2.31. The number of methoxy groups -OCH3 is 1. The van der Waals surface area contributed by atoms with Crippen molar-refractivity contribution in [2.24, 2.45) is 5.92 Å². The van der Waals surface area contributed by atoms with Gasteiger partial charge in [-0.2, -0.15) is 0 Å². The van der Waals surface area contributed by atoms with Crippen LogP contribution in [0, 0.1) is 5.92 Å². The van der Waals surface area contributed by atoms with Crippen LogP contribution in [0.25, 0.3) is 0 Å². The number of nitrogens with zero attached hydrogens (tertiary/aromatic N) is 1. The van der Waals surface area contributed by atoms with Gasteiger partial charge in [0.15, 0.2) is 0 Å². The molecule has 1 heterocycles. The number of benzene rings is 1. The van der Waals surface area contributed by atoms with Crippen LogP contribution in [0.15, 0.2) is 18.2 Å². The minimum atomic E-state index is -0.312. The number of halogens is 1. The third-order valence-electron chi connectivity index (χ3n) is 4.02. The zero-order valence-corrected chi connectivity index (χ0v) is 15.1. The molecule has 0 spiro atoms. The summed E-state index contributed by atoms with van der Waals surface area (Å²) in [6.07, 6.45) is 1.55. The highest BCUT2D eigenvalue weighted by Gasteiger charge is 2.27. The van der Waals surface area contributed by atoms with E-state index in [4.69, 9.17) is 16.3 Å². The molecule has 1 aromatic rings. The first-order chi connectivity index (χ1) is 11.9. The fourth-order valence-corrected chi connectivity index (χ4v) is 2.96. The number of likely N-dealkylation sites (tertiary alicyclic amines) is 1. The third kappa shape index (κ3) is 5.44. The number of rotatable bonds is 5. The van der Waals surface area contributed by atoms with E-state index in [1.165, 1.54) is 14.0 Å². The minimum absolute atomic E-state index is 0.0169. The molecule has 1 fully saturated rings. The first kappa shape index (κ1) is 19.2. The molecule has 0 bridgehead atoms. The summed E-state index contributed by atoms with van der Waals surface area (Å²) in [7, 11) is 1.43. The summed E-state index contributed by atoms with van der Waals surface area (Å²) >= 11 is 6.15. The summed E-state index contributed by atoms with van der Waals surface area (Å²) in [5.41, 5.74) is 0.988. The molecule has 0 saturated carbocycles. The monoisotopic (exact) mass is 367 g/mol. The van der Waals surface area contributed by atoms with Gasteiger partial charge in [-0.25, -0.2) is 0 Å². The van der Waals surface area contributed by atoms with Crippen LogP contribution in [-0.4, -0.2) is 49.4 Å². The largest absolute Gasteiger partial charge is 0.375 e. The van der Waals surface area contributed by atoms with Gasteiger partial charge >= 0.3 is 0 Å². The molecule has 1 atom stereocenters. The number of ether oxygens (including phenoxy) is 1. The van der Waals surface area contributed by atoms with Crippen LogP contribution < -0.4 is 10.6 Å². The second-order valence-electron chi connectivity index (χ2n) is 5.97. The maximum Gasteiger partial charge on any atom is 0.250 e. The first-order valence-corrected chi connectivity index (χ1v) is 8.43. The molecule has 1 unspecified atom stereocenters. The van der Waals surface area contributed by atoms with Gasteiger partial charge in [-0.15, -0.1) is 0 Å². The normalized spacial score (nSPS) is 17.1. The van der Waals surface area contributed by atoms with E-state index >= 15 is 0 Å². The van der Waals surface area contributed by atoms with Gasteiger partial charge in [-0.3, -0.25) is 14.4 Å². The summed E-state index contributed by atoms with van der Waals surface area (Å²) in [5.74, 6) is -0.708. The Labute approximate surface area is 151 Å². The van der Waals surface area contributed by atoms with Crippen molar-refractivity contribution < 1.29 is 19.1 Å². The molecule has 1 aliphatic rings. The van der Waals surface area contributed by atoms with Crippen molar-refractivity contribution in [2.45, 2.75) is 19.8 Å². The zero-order chi connectivity index (χ0) is 18.4. The lowest BCUT2D eigenvalue weighted by molar-refractivity contribution is -0.132. The second-order valence-corrected chi connectivity index (χ2v) is 6.38. The number of carbonyl (C=O) groups excluding carboxylic acids is 3. The molecule has 0 aliphatic carbocycles. The standard InChI is InChI=1S/C17H22ClN3O4/c1-11(22)21-7-3-4-12(9-21)17(24)19-13-5-6-15(14(18)8-13)20-16(23)10-25-2/h5-6,8,12H,3-4,7,9-10H2,1-2H3,(H,19,24)(H,20,23). The van der Waals surface area contributed by atoms with Gasteiger partial charge in [0.05, 0.1) is 16.6 Å². The van der Waals surface area contributed by atoms with E-state index < -0.39 is 0 Å². The Bertz CT molecular complexity index is 665. The van der Waals surface area contributed by atoms with Crippen LogP contribution >= 0.6 is 11.6 Å². The van der Waals surface area contributed by atoms with Gasteiger partial charge in [-0.1, -0.05) is 11.6 Å². The highest BCUT2D eigenvalue weighted by molar-refractivity contribution is 6.34. The highest BCUT2D eigenvalue weighted by Crippen LogP contribution is 2.26. The molecule has 0 aromatic heterocycles. The van der Waals surface area contributed by atoms with Crippen LogP contribution in [0.3, 0.4) is 0 Å². The number of amides is 3. The van der Waals surface area contributed by atoms with E-state index in [9.17, 15) is 14.4 Å². The Morgan fingerprint density at radius 2 is 2.08 bits per heavy atom. The molecule has 2 rings (SSSR count). The molecule has 7 nitrogen and oxygen atoms in total. The number of nitrogens with one attached hydrogen (secondary N) is 2. The summed E-state index contributed by atoms with van der Waals surface area (Å²) in [5, 5.41) is 5.76. The molecule has 1 aliphatic heterocycles. The predicted molar refractivity (Wildman–Crippen MR) is 95.6 cm³/mol. The fourth-order valence-electron chi connectivity index (χ4n) is 2.73. The third-order valence-corrected chi connectivity index (χ3v) is 4.34. The molecule has 136 valence electrons. The Balaban J connectivity index is 1.98. The van der Waals surface area contributed by atoms with Gasteiger partial charge < -0.3 is 20.3 Å². The molecular formula is C17H22ClN3O4. The molecule has 1 aromatic carbocycles. The van der Waals surface area contributed by atoms with E-state index in [1.54, 1.807) is 23.1 Å². The highest BCUT2D eigenvalue weighted by atomic mass is 35.5. The lowest BCUT2D eigenvalue weighted by Crippen LogP contribution is -2.42. The quantitative estimate of drug-likeness (QED) is 0.834. The maximum absolute atomic E-state index is 12.4. The van der Waals surface area contributed by atoms with Crippen LogP contribution in [0.1, 0.15) is 19.8 Å². The Kier molecular flexibility index (Phi) is 6.78. The van der Waals surface area contributed by atoms with Crippen molar-refractivity contribution in [3.63, 3.8) is 0 Å². The molecule has 25 heavy (non-hydrogen) atoms. The Hall–Kier alpha value is -2.12. The Morgan fingerprint density at radius 1 is 1.32 bits per heavy atom. The molecule has 2 N–H and O–H groups in total.